The van der Waals surface area contributed by atoms with E-state index in [0.29, 0.717) is 181 Å². The maximum absolute atomic E-state index is 13.3. The van der Waals surface area contributed by atoms with E-state index >= 15 is 0 Å². The topological polar surface area (TPSA) is 410 Å². The molecule has 12 N–H and O–H groups in total. The van der Waals surface area contributed by atoms with E-state index in [1.54, 1.807) is 53.1 Å². The molecule has 33 nitrogen and oxygen atoms in total. The van der Waals surface area contributed by atoms with E-state index in [0.717, 1.165) is 99.1 Å². The number of aliphatic hydroxyl groups excluding tert-OH is 4. The van der Waals surface area contributed by atoms with Crippen molar-refractivity contribution >= 4 is 115 Å². The smallest absolute Gasteiger partial charge is 0.253 e. The monoisotopic (exact) mass is 1710 g/mol. The number of hydrogen-bond acceptors (Lipinski definition) is 21. The molecule has 33 heteroatoms. The van der Waals surface area contributed by atoms with Crippen molar-refractivity contribution in [3.63, 3.8) is 0 Å². The zero-order valence-electron chi connectivity index (χ0n) is 72.2. The molecule has 0 aliphatic carbocycles. The number of anilines is 4. The number of aliphatic hydroxyl groups is 4. The van der Waals surface area contributed by atoms with Gasteiger partial charge in [-0.2, -0.15) is 0 Å². The lowest BCUT2D eigenvalue weighted by Gasteiger charge is -2.32. The van der Waals surface area contributed by atoms with Gasteiger partial charge in [0.1, 0.15) is 71.2 Å². The largest absolute Gasteiger partial charge is 0.396 e. The van der Waals surface area contributed by atoms with Crippen molar-refractivity contribution in [1.29, 1.82) is 0 Å². The lowest BCUT2D eigenvalue weighted by Crippen LogP contribution is -2.47. The highest BCUT2D eigenvalue weighted by Crippen LogP contribution is 2.44. The molecule has 15 rings (SSSR count). The van der Waals surface area contributed by atoms with Crippen LogP contribution in [0.2, 0.25) is 0 Å². The number of fused-ring (bicyclic) bond motifs is 4. The molecule has 3 saturated heterocycles. The summed E-state index contributed by atoms with van der Waals surface area (Å²) in [4.78, 5) is 109. The van der Waals surface area contributed by atoms with Gasteiger partial charge in [-0.05, 0) is 126 Å². The summed E-state index contributed by atoms with van der Waals surface area (Å²) in [6.45, 7) is 45.9. The second-order valence-electron chi connectivity index (χ2n) is 31.3. The van der Waals surface area contributed by atoms with Gasteiger partial charge in [0, 0.05) is 164 Å². The van der Waals surface area contributed by atoms with Crippen LogP contribution in [0.1, 0.15) is 90.0 Å². The molecular formula is C94H103N25O8. The molecule has 127 heavy (non-hydrogen) atoms. The summed E-state index contributed by atoms with van der Waals surface area (Å²) in [6.07, 6.45) is 16.9. The van der Waals surface area contributed by atoms with Crippen molar-refractivity contribution in [2.45, 2.75) is 98.8 Å². The summed E-state index contributed by atoms with van der Waals surface area (Å²) >= 11 is 0. The molecule has 652 valence electrons. The van der Waals surface area contributed by atoms with Gasteiger partial charge >= 0.3 is 0 Å². The number of amides is 4. The number of nitrogens with two attached hydrogens (primary N) is 4. The van der Waals surface area contributed by atoms with Gasteiger partial charge in [-0.3, -0.25) is 19.2 Å². The maximum atomic E-state index is 13.3. The van der Waals surface area contributed by atoms with Gasteiger partial charge in [-0.15, -0.1) is 0 Å². The number of carbonyl (C=O) groups excluding carboxylic acids is 4. The van der Waals surface area contributed by atoms with Crippen LogP contribution in [0.15, 0.2) is 145 Å². The summed E-state index contributed by atoms with van der Waals surface area (Å²) < 4.78 is 7.63. The van der Waals surface area contributed by atoms with Crippen LogP contribution in [-0.2, 0) is 45.4 Å². The molecule has 0 spiro atoms. The van der Waals surface area contributed by atoms with E-state index in [4.69, 9.17) is 49.2 Å². The Morgan fingerprint density at radius 2 is 0.598 bits per heavy atom. The number of carbonyl (C=O) groups is 4. The van der Waals surface area contributed by atoms with Crippen molar-refractivity contribution < 1.29 is 39.6 Å². The van der Waals surface area contributed by atoms with Crippen molar-refractivity contribution in [2.24, 2.45) is 0 Å². The van der Waals surface area contributed by atoms with Crippen molar-refractivity contribution in [3.05, 3.63) is 236 Å². The average molecular weight is 1710 g/mol. The fourth-order valence-electron chi connectivity index (χ4n) is 15.6. The zero-order valence-corrected chi connectivity index (χ0v) is 72.2. The molecule has 0 atom stereocenters. The Morgan fingerprint density at radius 1 is 0.362 bits per heavy atom. The van der Waals surface area contributed by atoms with Gasteiger partial charge in [-0.1, -0.05) is 119 Å². The Morgan fingerprint density at radius 3 is 0.819 bits per heavy atom. The minimum absolute atomic E-state index is 0.000832. The van der Waals surface area contributed by atoms with Crippen LogP contribution in [0.4, 0.5) is 23.3 Å². The van der Waals surface area contributed by atoms with Crippen LogP contribution in [0.3, 0.4) is 0 Å². The molecule has 12 aromatic rings. The first kappa shape index (κ1) is 91.4. The third-order valence-electron chi connectivity index (χ3n) is 22.3. The van der Waals surface area contributed by atoms with Gasteiger partial charge in [0.05, 0.1) is 47.8 Å². The predicted octanol–water partition coefficient (Wildman–Crippen LogP) is 11.2. The van der Waals surface area contributed by atoms with Crippen LogP contribution < -0.4 is 22.9 Å². The van der Waals surface area contributed by atoms with Crippen LogP contribution >= 0.6 is 0 Å². The summed E-state index contributed by atoms with van der Waals surface area (Å²) in [7, 11) is 5.23. The number of nitrogens with zero attached hydrogens (tertiary/aromatic N) is 21. The third-order valence-corrected chi connectivity index (χ3v) is 22.3. The zero-order chi connectivity index (χ0) is 90.7. The normalized spacial score (nSPS) is 13.7. The number of likely N-dealkylation sites (tertiary alicyclic amines) is 2. The molecule has 4 amide bonds. The fraction of sp³-hybridized carbons (Fsp3) is 0.319. The number of likely N-dealkylation sites (N-methyl/N-ethyl adjacent to an activating group) is 2. The minimum Gasteiger partial charge on any atom is -0.396 e. The quantitative estimate of drug-likeness (QED) is 0.0206. The van der Waals surface area contributed by atoms with E-state index < -0.39 is 5.91 Å². The maximum Gasteiger partial charge on any atom is 0.253 e. The van der Waals surface area contributed by atoms with Crippen LogP contribution in [0.25, 0.3) is 132 Å². The van der Waals surface area contributed by atoms with E-state index in [9.17, 15) is 39.6 Å². The highest BCUT2D eigenvalue weighted by Gasteiger charge is 2.32. The number of aryl methyl sites for hydroxylation is 8. The highest BCUT2D eigenvalue weighted by atomic mass is 16.3. The summed E-state index contributed by atoms with van der Waals surface area (Å²) in [5.41, 5.74) is 41.4. The van der Waals surface area contributed by atoms with E-state index in [1.807, 2.05) is 150 Å². The molecule has 11 heterocycles. The Hall–Kier alpha value is -14.8. The molecule has 0 bridgehead atoms. The molecule has 3 aliphatic rings. The molecular weight excluding hydrogens is 1610 g/mol. The standard InChI is InChI=1S/C25H29N7O2.C24H26N6O2.C23H24N6O2.C22H24N6O2/c1-17-5-7-18(8-6-17)21-20(15-19(27-2)25(34)31-12-10-30(3)11-13-31)32(9-4-14-33)24-22(21)23(26)28-16-29-24;1-16-6-8-17(9-7-16)20-19(14-18(26-2)24(32)29-10-3-4-11-29)30(12-5-13-31)23-21(20)22(25)27-15-28-23;1-15-5-7-16(8-6-15)19-18(13-17(25-2)23(31)28-9-3-10-28)29(11-4-12-30)22-20(19)21(24)26-14-27-22;1-14-6-8-15(9-7-14)18-17(12-16(24-2)22(30)27(3)4)28(10-5-11-29)21-19(18)20(23)25-13-26-21/h5-8,15-16,33H,4,9-14H2,1,3H3,(H2,26,28,29);6-9,14-15,31H,3-5,10-13H2,1H3,(H2,25,27,28);5-8,13-14,30H,3-4,9-12H2,1H3,(H2,24,26,27);6-9,12-13,29H,5,10-11H2,1,3-4H3,(H2,23,25,26)/b19-15-;18-14-;17-13-;16-12-. The summed E-state index contributed by atoms with van der Waals surface area (Å²) in [5, 5.41) is 40.5. The minimum atomic E-state index is -0.391. The van der Waals surface area contributed by atoms with Gasteiger partial charge in [0.2, 0.25) is 0 Å². The molecule has 0 saturated carbocycles. The first-order valence-electron chi connectivity index (χ1n) is 41.8. The molecule has 0 radical (unpaired) electrons. The highest BCUT2D eigenvalue weighted by molar-refractivity contribution is 6.12. The van der Waals surface area contributed by atoms with Crippen LogP contribution in [0, 0.1) is 54.0 Å². The lowest BCUT2D eigenvalue weighted by molar-refractivity contribution is -0.130. The SMILES string of the molecule is [C-]#[N+]/C(=C\c1c(-c2ccc(C)cc2)c2c(N)ncnc2n1CCCO)C(=O)N(C)C.[C-]#[N+]/C(=C\c1c(-c2ccc(C)cc2)c2c(N)ncnc2n1CCCO)C(=O)N1CCC1.[C-]#[N+]/C(=C\c1c(-c2ccc(C)cc2)c2c(N)ncnc2n1CCCO)C(=O)N1CCCC1.[C-]#[N+]/C(=C\c1c(-c2ccc(C)cc2)c2c(N)ncnc2n1CCCO)C(=O)N1CCN(C)CC1. The number of hydrogen-bond donors (Lipinski definition) is 8. The van der Waals surface area contributed by atoms with Crippen LogP contribution in [-0.4, -0.2) is 227 Å². The predicted molar refractivity (Wildman–Crippen MR) is 493 cm³/mol. The van der Waals surface area contributed by atoms with Gasteiger partial charge in [-0.25, -0.2) is 59.3 Å². The van der Waals surface area contributed by atoms with E-state index in [-0.39, 0.29) is 66.9 Å². The number of nitrogen functional groups attached to an aromatic ring is 4. The van der Waals surface area contributed by atoms with Gasteiger partial charge in [0.25, 0.3) is 46.4 Å². The summed E-state index contributed by atoms with van der Waals surface area (Å²) in [6, 6.07) is 31.9. The van der Waals surface area contributed by atoms with Crippen molar-refractivity contribution in [3.8, 4) is 44.5 Å². The second-order valence-corrected chi connectivity index (χ2v) is 31.3. The first-order chi connectivity index (χ1) is 61.4. The molecule has 4 aromatic carbocycles. The van der Waals surface area contributed by atoms with Crippen LogP contribution in [0.5, 0.6) is 0 Å². The first-order valence-corrected chi connectivity index (χ1v) is 41.8. The van der Waals surface area contributed by atoms with Gasteiger partial charge in [0.15, 0.2) is 0 Å². The average Bonchev–Trinajstić information content (AvgIpc) is 1.61. The third kappa shape index (κ3) is 20.2. The Balaban J connectivity index is 0.000000154. The molecule has 8 aromatic heterocycles. The Bertz CT molecular complexity index is 6370. The second kappa shape index (κ2) is 42.0. The Kier molecular flexibility index (Phi) is 30.2. The Labute approximate surface area is 735 Å². The molecule has 0 unspecified atom stereocenters. The lowest BCUT2D eigenvalue weighted by atomic mass is 10.0. The number of benzene rings is 4. The van der Waals surface area contributed by atoms with Crippen molar-refractivity contribution in [1.82, 2.24) is 82.6 Å². The molecule has 3 fully saturated rings. The van der Waals surface area contributed by atoms with Crippen molar-refractivity contribution in [2.75, 3.05) is 123 Å². The van der Waals surface area contributed by atoms with Gasteiger partial charge < -0.3 is 86.1 Å². The fourth-order valence-corrected chi connectivity index (χ4v) is 15.6. The number of piperazine rings is 1. The number of rotatable bonds is 24. The number of aromatic nitrogens is 12. The molecule has 3 aliphatic heterocycles. The van der Waals surface area contributed by atoms with E-state index in [2.05, 4.69) is 64.2 Å². The van der Waals surface area contributed by atoms with E-state index in [1.165, 1.54) is 30.2 Å². The summed E-state index contributed by atoms with van der Waals surface area (Å²) in [5.74, 6) is 0.104.